The van der Waals surface area contributed by atoms with Gasteiger partial charge in [-0.3, -0.25) is 4.79 Å². The van der Waals surface area contributed by atoms with Crippen LogP contribution in [0.2, 0.25) is 0 Å². The zero-order valence-electron chi connectivity index (χ0n) is 11.9. The third kappa shape index (κ3) is 2.62. The average molecular weight is 260 g/mol. The number of Topliss-reactive ketones (excluding diaryl/α,β-unsaturated/α-hetero) is 1. The molecule has 1 aliphatic heterocycles. The monoisotopic (exact) mass is 260 g/mol. The van der Waals surface area contributed by atoms with E-state index in [2.05, 4.69) is 38.2 Å². The van der Waals surface area contributed by atoms with Gasteiger partial charge in [0.1, 0.15) is 5.78 Å². The van der Waals surface area contributed by atoms with E-state index in [0.29, 0.717) is 6.54 Å². The number of nitrogens with one attached hydrogen (secondary N) is 1. The second-order valence-corrected chi connectivity index (χ2v) is 5.31. The molecule has 2 rings (SSSR count). The van der Waals surface area contributed by atoms with Crippen LogP contribution in [-0.4, -0.2) is 29.8 Å². The van der Waals surface area contributed by atoms with Crippen molar-refractivity contribution >= 4 is 11.8 Å². The highest BCUT2D eigenvalue weighted by atomic mass is 16.2. The normalized spacial score (nSPS) is 18.6. The topological polar surface area (TPSA) is 49.4 Å². The maximum absolute atomic E-state index is 11.8. The number of ketones is 1. The summed E-state index contributed by atoms with van der Waals surface area (Å²) in [6, 6.07) is 3.97. The molecule has 0 aromatic heterocycles. The van der Waals surface area contributed by atoms with Crippen LogP contribution in [0.4, 0.5) is 4.79 Å². The predicted octanol–water partition coefficient (Wildman–Crippen LogP) is 2.27. The number of benzene rings is 1. The first-order valence-corrected chi connectivity index (χ1v) is 6.51. The van der Waals surface area contributed by atoms with Gasteiger partial charge in [0.05, 0.1) is 12.6 Å². The molecular formula is C15H20N2O2. The van der Waals surface area contributed by atoms with Crippen LogP contribution >= 0.6 is 0 Å². The van der Waals surface area contributed by atoms with Crippen molar-refractivity contribution < 1.29 is 9.59 Å². The number of amides is 2. The fourth-order valence-corrected chi connectivity index (χ4v) is 2.53. The lowest BCUT2D eigenvalue weighted by atomic mass is 9.94. The molecular weight excluding hydrogens is 240 g/mol. The summed E-state index contributed by atoms with van der Waals surface area (Å²) in [7, 11) is 0. The molecule has 1 aliphatic rings. The summed E-state index contributed by atoms with van der Waals surface area (Å²) in [6.07, 6.45) is 0. The van der Waals surface area contributed by atoms with Crippen LogP contribution in [0.15, 0.2) is 12.1 Å². The minimum Gasteiger partial charge on any atom is -0.329 e. The van der Waals surface area contributed by atoms with Gasteiger partial charge in [0.25, 0.3) is 0 Å². The van der Waals surface area contributed by atoms with Crippen LogP contribution in [0.25, 0.3) is 0 Å². The van der Waals surface area contributed by atoms with Gasteiger partial charge in [-0.2, -0.15) is 0 Å². The Labute approximate surface area is 113 Å². The van der Waals surface area contributed by atoms with Crippen LogP contribution in [0, 0.1) is 20.8 Å². The highest BCUT2D eigenvalue weighted by molar-refractivity contribution is 5.85. The minimum atomic E-state index is -0.155. The lowest BCUT2D eigenvalue weighted by Gasteiger charge is -2.17. The van der Waals surface area contributed by atoms with Gasteiger partial charge in [-0.1, -0.05) is 12.1 Å². The van der Waals surface area contributed by atoms with Gasteiger partial charge in [0, 0.05) is 6.54 Å². The van der Waals surface area contributed by atoms with Crippen molar-refractivity contribution in [2.45, 2.75) is 33.7 Å². The van der Waals surface area contributed by atoms with Gasteiger partial charge in [-0.25, -0.2) is 4.79 Å². The molecule has 1 fully saturated rings. The second-order valence-electron chi connectivity index (χ2n) is 5.31. The van der Waals surface area contributed by atoms with Crippen molar-refractivity contribution in [3.05, 3.63) is 34.4 Å². The lowest BCUT2D eigenvalue weighted by molar-refractivity contribution is -0.117. The Bertz CT molecular complexity index is 537. The SMILES string of the molecule is CC(=O)CN1CC(c2ccc(C)c(C)c2C)NC1=O. The fraction of sp³-hybridized carbons (Fsp3) is 0.467. The van der Waals surface area contributed by atoms with E-state index in [1.165, 1.54) is 23.6 Å². The molecule has 4 heteroatoms. The van der Waals surface area contributed by atoms with Gasteiger partial charge in [0.2, 0.25) is 0 Å². The van der Waals surface area contributed by atoms with Crippen molar-refractivity contribution in [3.8, 4) is 0 Å². The summed E-state index contributed by atoms with van der Waals surface area (Å²) < 4.78 is 0. The van der Waals surface area contributed by atoms with Crippen LogP contribution in [-0.2, 0) is 4.79 Å². The summed E-state index contributed by atoms with van der Waals surface area (Å²) >= 11 is 0. The molecule has 1 unspecified atom stereocenters. The zero-order valence-corrected chi connectivity index (χ0v) is 11.9. The predicted molar refractivity (Wildman–Crippen MR) is 74.2 cm³/mol. The van der Waals surface area contributed by atoms with E-state index in [1.54, 1.807) is 4.90 Å². The van der Waals surface area contributed by atoms with E-state index in [-0.39, 0.29) is 24.4 Å². The van der Waals surface area contributed by atoms with Crippen LogP contribution < -0.4 is 5.32 Å². The van der Waals surface area contributed by atoms with Crippen molar-refractivity contribution in [2.75, 3.05) is 13.1 Å². The summed E-state index contributed by atoms with van der Waals surface area (Å²) in [5, 5.41) is 2.95. The van der Waals surface area contributed by atoms with Crippen molar-refractivity contribution in [2.24, 2.45) is 0 Å². The number of hydrogen-bond donors (Lipinski definition) is 1. The van der Waals surface area contributed by atoms with Crippen LogP contribution in [0.5, 0.6) is 0 Å². The number of carbonyl (C=O) groups excluding carboxylic acids is 2. The van der Waals surface area contributed by atoms with E-state index in [1.807, 2.05) is 0 Å². The largest absolute Gasteiger partial charge is 0.329 e. The molecule has 0 radical (unpaired) electrons. The number of aryl methyl sites for hydroxylation is 1. The first-order valence-electron chi connectivity index (χ1n) is 6.51. The third-order valence-corrected chi connectivity index (χ3v) is 3.88. The maximum Gasteiger partial charge on any atom is 0.318 e. The quantitative estimate of drug-likeness (QED) is 0.906. The van der Waals surface area contributed by atoms with E-state index in [0.717, 1.165) is 5.56 Å². The van der Waals surface area contributed by atoms with Gasteiger partial charge >= 0.3 is 6.03 Å². The standard InChI is InChI=1S/C15H20N2O2/c1-9-5-6-13(12(4)11(9)3)14-8-17(7-10(2)18)15(19)16-14/h5-6,14H,7-8H2,1-4H3,(H,16,19). The Kier molecular flexibility index (Phi) is 3.60. The Balaban J connectivity index is 2.23. The Hall–Kier alpha value is -1.84. The van der Waals surface area contributed by atoms with E-state index < -0.39 is 0 Å². The number of rotatable bonds is 3. The van der Waals surface area contributed by atoms with Gasteiger partial charge in [-0.05, 0) is 49.9 Å². The summed E-state index contributed by atoms with van der Waals surface area (Å²) in [5.74, 6) is 0.00705. The van der Waals surface area contributed by atoms with Gasteiger partial charge < -0.3 is 10.2 Å². The fourth-order valence-electron chi connectivity index (χ4n) is 2.53. The van der Waals surface area contributed by atoms with Crippen molar-refractivity contribution in [1.82, 2.24) is 10.2 Å². The number of urea groups is 1. The number of carbonyl (C=O) groups is 2. The average Bonchev–Trinajstić information content (AvgIpc) is 2.67. The molecule has 0 spiro atoms. The van der Waals surface area contributed by atoms with Gasteiger partial charge in [0.15, 0.2) is 0 Å². The molecule has 1 heterocycles. The first-order chi connectivity index (χ1) is 8.90. The summed E-state index contributed by atoms with van der Waals surface area (Å²) in [5.41, 5.74) is 4.88. The molecule has 1 aromatic carbocycles. The number of nitrogens with zero attached hydrogens (tertiary/aromatic N) is 1. The second kappa shape index (κ2) is 5.03. The van der Waals surface area contributed by atoms with E-state index in [9.17, 15) is 9.59 Å². The van der Waals surface area contributed by atoms with Crippen molar-refractivity contribution in [3.63, 3.8) is 0 Å². The van der Waals surface area contributed by atoms with Crippen LogP contribution in [0.1, 0.15) is 35.2 Å². The Morgan fingerprint density at radius 1 is 1.32 bits per heavy atom. The van der Waals surface area contributed by atoms with Crippen LogP contribution in [0.3, 0.4) is 0 Å². The molecule has 0 saturated carbocycles. The molecule has 1 aromatic rings. The highest BCUT2D eigenvalue weighted by Gasteiger charge is 2.31. The molecule has 1 N–H and O–H groups in total. The maximum atomic E-state index is 11.8. The molecule has 1 atom stereocenters. The molecule has 102 valence electrons. The Morgan fingerprint density at radius 3 is 2.63 bits per heavy atom. The van der Waals surface area contributed by atoms with E-state index in [4.69, 9.17) is 0 Å². The smallest absolute Gasteiger partial charge is 0.318 e. The molecule has 0 bridgehead atoms. The van der Waals surface area contributed by atoms with Gasteiger partial charge in [-0.15, -0.1) is 0 Å². The van der Waals surface area contributed by atoms with E-state index >= 15 is 0 Å². The molecule has 4 nitrogen and oxygen atoms in total. The molecule has 19 heavy (non-hydrogen) atoms. The lowest BCUT2D eigenvalue weighted by Crippen LogP contribution is -2.32. The zero-order chi connectivity index (χ0) is 14.2. The summed E-state index contributed by atoms with van der Waals surface area (Å²) in [4.78, 5) is 24.5. The molecule has 0 aliphatic carbocycles. The third-order valence-electron chi connectivity index (χ3n) is 3.88. The minimum absolute atomic E-state index is 0.00705. The number of hydrogen-bond acceptors (Lipinski definition) is 2. The summed E-state index contributed by atoms with van der Waals surface area (Å²) in [6.45, 7) is 8.51. The first kappa shape index (κ1) is 13.6. The van der Waals surface area contributed by atoms with Crippen molar-refractivity contribution in [1.29, 1.82) is 0 Å². The molecule has 2 amide bonds. The Morgan fingerprint density at radius 2 is 2.00 bits per heavy atom. The highest BCUT2D eigenvalue weighted by Crippen LogP contribution is 2.26. The molecule has 1 saturated heterocycles.